The molecule has 1 nitrogen and oxygen atoms in total. The van der Waals surface area contributed by atoms with Crippen LogP contribution in [0.3, 0.4) is 0 Å². The molecule has 0 saturated carbocycles. The van der Waals surface area contributed by atoms with Gasteiger partial charge in [-0.25, -0.2) is 0 Å². The Morgan fingerprint density at radius 1 is 1.42 bits per heavy atom. The van der Waals surface area contributed by atoms with Crippen molar-refractivity contribution in [3.05, 3.63) is 12.2 Å². The minimum Gasteiger partial charge on any atom is -0.319 e. The largest absolute Gasteiger partial charge is 0.319 e. The van der Waals surface area contributed by atoms with Crippen LogP contribution in [0.25, 0.3) is 0 Å². The molecule has 1 aliphatic heterocycles. The molecule has 1 heterocycles. The summed E-state index contributed by atoms with van der Waals surface area (Å²) in [6.45, 7) is 1.11. The number of thioether (sulfide) groups is 1. The molecular formula is C10H19NS. The molecule has 0 radical (unpaired) electrons. The van der Waals surface area contributed by atoms with Gasteiger partial charge in [-0.05, 0) is 50.3 Å². The summed E-state index contributed by atoms with van der Waals surface area (Å²) in [4.78, 5) is 0. The van der Waals surface area contributed by atoms with Crippen LogP contribution >= 0.6 is 11.8 Å². The van der Waals surface area contributed by atoms with Crippen LogP contribution in [0.2, 0.25) is 0 Å². The fraction of sp³-hybridized carbons (Fsp3) is 0.800. The maximum atomic E-state index is 3.15. The molecule has 1 fully saturated rings. The highest BCUT2D eigenvalue weighted by atomic mass is 32.2. The molecule has 0 aromatic heterocycles. The zero-order valence-electron chi connectivity index (χ0n) is 7.88. The van der Waals surface area contributed by atoms with Crippen molar-refractivity contribution in [2.45, 2.75) is 19.3 Å². The van der Waals surface area contributed by atoms with Crippen molar-refractivity contribution >= 4 is 11.8 Å². The molecule has 0 bridgehead atoms. The summed E-state index contributed by atoms with van der Waals surface area (Å²) < 4.78 is 0. The van der Waals surface area contributed by atoms with E-state index in [2.05, 4.69) is 29.2 Å². The van der Waals surface area contributed by atoms with Gasteiger partial charge in [0.25, 0.3) is 0 Å². The highest BCUT2D eigenvalue weighted by Gasteiger charge is 2.09. The highest BCUT2D eigenvalue weighted by molar-refractivity contribution is 7.99. The van der Waals surface area contributed by atoms with Crippen molar-refractivity contribution in [1.29, 1.82) is 0 Å². The molecule has 70 valence electrons. The Labute approximate surface area is 80.0 Å². The van der Waals surface area contributed by atoms with Crippen LogP contribution < -0.4 is 5.32 Å². The van der Waals surface area contributed by atoms with Gasteiger partial charge in [0.15, 0.2) is 0 Å². The van der Waals surface area contributed by atoms with Crippen LogP contribution in [0.1, 0.15) is 19.3 Å². The Kier molecular flexibility index (Phi) is 5.53. The first kappa shape index (κ1) is 10.1. The van der Waals surface area contributed by atoms with Gasteiger partial charge in [-0.3, -0.25) is 0 Å². The first-order chi connectivity index (χ1) is 5.93. The number of allylic oxidation sites excluding steroid dienone is 1. The SMILES string of the molecule is CNCC/C=C\C1CCSCC1. The van der Waals surface area contributed by atoms with Gasteiger partial charge in [-0.2, -0.15) is 11.8 Å². The fourth-order valence-corrected chi connectivity index (χ4v) is 2.57. The minimum atomic E-state index is 0.878. The van der Waals surface area contributed by atoms with E-state index < -0.39 is 0 Å². The van der Waals surface area contributed by atoms with Crippen molar-refractivity contribution < 1.29 is 0 Å². The van der Waals surface area contributed by atoms with E-state index in [9.17, 15) is 0 Å². The van der Waals surface area contributed by atoms with Crippen LogP contribution in [0.4, 0.5) is 0 Å². The van der Waals surface area contributed by atoms with Crippen LogP contribution in [0.5, 0.6) is 0 Å². The third kappa shape index (κ3) is 4.17. The predicted octanol–water partition coefficient (Wildman–Crippen LogP) is 2.30. The Bertz CT molecular complexity index is 128. The van der Waals surface area contributed by atoms with Gasteiger partial charge >= 0.3 is 0 Å². The van der Waals surface area contributed by atoms with Gasteiger partial charge in [0, 0.05) is 0 Å². The van der Waals surface area contributed by atoms with E-state index >= 15 is 0 Å². The molecule has 1 rings (SSSR count). The van der Waals surface area contributed by atoms with E-state index in [1.54, 1.807) is 0 Å². The zero-order valence-corrected chi connectivity index (χ0v) is 8.70. The minimum absolute atomic E-state index is 0.878. The summed E-state index contributed by atoms with van der Waals surface area (Å²) in [5, 5.41) is 3.15. The average molecular weight is 185 g/mol. The third-order valence-corrected chi connectivity index (χ3v) is 3.28. The predicted molar refractivity (Wildman–Crippen MR) is 57.7 cm³/mol. The van der Waals surface area contributed by atoms with Gasteiger partial charge in [-0.15, -0.1) is 0 Å². The smallest absolute Gasteiger partial charge is 0.00173 e. The van der Waals surface area contributed by atoms with Crippen molar-refractivity contribution in [2.75, 3.05) is 25.1 Å². The summed E-state index contributed by atoms with van der Waals surface area (Å²) in [5.74, 6) is 3.60. The molecule has 1 aliphatic rings. The molecule has 1 N–H and O–H groups in total. The molecule has 0 aromatic rings. The summed E-state index contributed by atoms with van der Waals surface area (Å²) in [6, 6.07) is 0. The van der Waals surface area contributed by atoms with Crippen molar-refractivity contribution in [3.63, 3.8) is 0 Å². The van der Waals surface area contributed by atoms with Gasteiger partial charge < -0.3 is 5.32 Å². The Balaban J connectivity index is 2.07. The number of hydrogen-bond donors (Lipinski definition) is 1. The summed E-state index contributed by atoms with van der Waals surface area (Å²) in [7, 11) is 2.01. The average Bonchev–Trinajstić information content (AvgIpc) is 2.14. The topological polar surface area (TPSA) is 12.0 Å². The van der Waals surface area contributed by atoms with Gasteiger partial charge in [0.05, 0.1) is 0 Å². The second-order valence-electron chi connectivity index (χ2n) is 3.27. The van der Waals surface area contributed by atoms with E-state index in [1.807, 2.05) is 7.05 Å². The monoisotopic (exact) mass is 185 g/mol. The lowest BCUT2D eigenvalue weighted by molar-refractivity contribution is 0.599. The Hall–Kier alpha value is 0.0500. The molecule has 0 atom stereocenters. The molecule has 12 heavy (non-hydrogen) atoms. The second kappa shape index (κ2) is 6.55. The van der Waals surface area contributed by atoms with Gasteiger partial charge in [-0.1, -0.05) is 12.2 Å². The van der Waals surface area contributed by atoms with Crippen molar-refractivity contribution in [3.8, 4) is 0 Å². The molecule has 0 aromatic carbocycles. The van der Waals surface area contributed by atoms with Gasteiger partial charge in [0.2, 0.25) is 0 Å². The molecule has 0 amide bonds. The fourth-order valence-electron chi connectivity index (χ4n) is 1.42. The molecule has 0 spiro atoms. The van der Waals surface area contributed by atoms with Crippen molar-refractivity contribution in [2.24, 2.45) is 5.92 Å². The summed E-state index contributed by atoms with van der Waals surface area (Å²) in [6.07, 6.45) is 8.70. The standard InChI is InChI=1S/C10H19NS/c1-11-7-3-2-4-10-5-8-12-9-6-10/h2,4,10-11H,3,5-9H2,1H3/b4-2-. The number of rotatable bonds is 4. The van der Waals surface area contributed by atoms with E-state index in [-0.39, 0.29) is 0 Å². The second-order valence-corrected chi connectivity index (χ2v) is 4.49. The number of hydrogen-bond acceptors (Lipinski definition) is 2. The van der Waals surface area contributed by atoms with E-state index in [0.717, 1.165) is 12.5 Å². The molecule has 2 heteroatoms. The highest BCUT2D eigenvalue weighted by Crippen LogP contribution is 2.23. The van der Waals surface area contributed by atoms with Crippen LogP contribution in [-0.2, 0) is 0 Å². The number of nitrogens with one attached hydrogen (secondary N) is 1. The molecule has 0 aliphatic carbocycles. The zero-order chi connectivity index (χ0) is 8.65. The lowest BCUT2D eigenvalue weighted by atomic mass is 10.0. The first-order valence-corrected chi connectivity index (χ1v) is 5.98. The van der Waals surface area contributed by atoms with E-state index in [1.165, 1.54) is 30.8 Å². The maximum Gasteiger partial charge on any atom is -0.00173 e. The summed E-state index contributed by atoms with van der Waals surface area (Å²) in [5.41, 5.74) is 0. The summed E-state index contributed by atoms with van der Waals surface area (Å²) >= 11 is 2.10. The van der Waals surface area contributed by atoms with Crippen LogP contribution in [0.15, 0.2) is 12.2 Å². The molecular weight excluding hydrogens is 166 g/mol. The lowest BCUT2D eigenvalue weighted by Crippen LogP contribution is -2.08. The van der Waals surface area contributed by atoms with Crippen LogP contribution in [0, 0.1) is 5.92 Å². The van der Waals surface area contributed by atoms with Crippen LogP contribution in [-0.4, -0.2) is 25.1 Å². The van der Waals surface area contributed by atoms with E-state index in [0.29, 0.717) is 0 Å². The maximum absolute atomic E-state index is 3.15. The van der Waals surface area contributed by atoms with Gasteiger partial charge in [0.1, 0.15) is 0 Å². The Morgan fingerprint density at radius 2 is 2.17 bits per heavy atom. The van der Waals surface area contributed by atoms with E-state index in [4.69, 9.17) is 0 Å². The first-order valence-electron chi connectivity index (χ1n) is 4.82. The Morgan fingerprint density at radius 3 is 2.83 bits per heavy atom. The lowest BCUT2D eigenvalue weighted by Gasteiger charge is -2.17. The third-order valence-electron chi connectivity index (χ3n) is 2.24. The molecule has 1 saturated heterocycles. The van der Waals surface area contributed by atoms with Crippen molar-refractivity contribution in [1.82, 2.24) is 5.32 Å². The quantitative estimate of drug-likeness (QED) is 0.533. The normalized spacial score (nSPS) is 20.4. The molecule has 0 unspecified atom stereocenters.